The normalized spacial score (nSPS) is 12.5. The molecule has 4 nitrogen and oxygen atoms in total. The summed E-state index contributed by atoms with van der Waals surface area (Å²) in [6.07, 6.45) is 4.85. The lowest BCUT2D eigenvalue weighted by molar-refractivity contribution is 0.296. The van der Waals surface area contributed by atoms with Gasteiger partial charge in [0.15, 0.2) is 0 Å². The molecule has 0 fully saturated rings. The van der Waals surface area contributed by atoms with E-state index in [-0.39, 0.29) is 6.04 Å². The second-order valence-electron chi connectivity index (χ2n) is 5.04. The van der Waals surface area contributed by atoms with Crippen LogP contribution in [0.5, 0.6) is 5.75 Å². The zero-order chi connectivity index (χ0) is 14.7. The van der Waals surface area contributed by atoms with E-state index >= 15 is 0 Å². The quantitative estimate of drug-likeness (QED) is 0.780. The number of imidazole rings is 1. The average molecular weight is 281 g/mol. The molecule has 0 bridgehead atoms. The number of benzene rings is 1. The second kappa shape index (κ2) is 5.97. The van der Waals surface area contributed by atoms with Gasteiger partial charge in [0, 0.05) is 24.0 Å². The summed E-state index contributed by atoms with van der Waals surface area (Å²) < 4.78 is 7.91. The number of pyridine rings is 1. The predicted molar refractivity (Wildman–Crippen MR) is 83.2 cm³/mol. The molecule has 1 atom stereocenters. The van der Waals surface area contributed by atoms with Gasteiger partial charge < -0.3 is 14.9 Å². The van der Waals surface area contributed by atoms with Crippen molar-refractivity contribution in [3.05, 3.63) is 66.1 Å². The minimum absolute atomic E-state index is 0.00210. The highest BCUT2D eigenvalue weighted by molar-refractivity contribution is 5.40. The first-order valence-electron chi connectivity index (χ1n) is 7.18. The SMILES string of the molecule is CC[C@H](N)c1ccccc1OCc1cn2ccccc2n1. The summed E-state index contributed by atoms with van der Waals surface area (Å²) >= 11 is 0. The third kappa shape index (κ3) is 2.90. The smallest absolute Gasteiger partial charge is 0.137 e. The molecule has 0 saturated carbocycles. The van der Waals surface area contributed by atoms with Crippen molar-refractivity contribution in [1.82, 2.24) is 9.38 Å². The van der Waals surface area contributed by atoms with Crippen molar-refractivity contribution in [2.24, 2.45) is 5.73 Å². The van der Waals surface area contributed by atoms with Gasteiger partial charge in [0.05, 0.1) is 5.69 Å². The lowest BCUT2D eigenvalue weighted by Crippen LogP contribution is -2.10. The molecule has 0 spiro atoms. The van der Waals surface area contributed by atoms with Gasteiger partial charge in [-0.15, -0.1) is 0 Å². The van der Waals surface area contributed by atoms with E-state index in [9.17, 15) is 0 Å². The molecule has 21 heavy (non-hydrogen) atoms. The maximum Gasteiger partial charge on any atom is 0.137 e. The number of aromatic nitrogens is 2. The van der Waals surface area contributed by atoms with Crippen LogP contribution >= 0.6 is 0 Å². The maximum atomic E-state index is 6.13. The number of rotatable bonds is 5. The molecule has 1 aromatic carbocycles. The monoisotopic (exact) mass is 281 g/mol. The molecule has 108 valence electrons. The number of ether oxygens (including phenoxy) is 1. The van der Waals surface area contributed by atoms with Crippen molar-refractivity contribution in [3.63, 3.8) is 0 Å². The number of fused-ring (bicyclic) bond motifs is 1. The molecule has 4 heteroatoms. The van der Waals surface area contributed by atoms with Crippen molar-refractivity contribution in [3.8, 4) is 5.75 Å². The minimum Gasteiger partial charge on any atom is -0.487 e. The van der Waals surface area contributed by atoms with Crippen LogP contribution in [-0.2, 0) is 6.61 Å². The summed E-state index contributed by atoms with van der Waals surface area (Å²) in [5, 5.41) is 0. The van der Waals surface area contributed by atoms with Crippen LogP contribution in [0.2, 0.25) is 0 Å². The van der Waals surface area contributed by atoms with Crippen molar-refractivity contribution in [1.29, 1.82) is 0 Å². The molecule has 0 saturated heterocycles. The maximum absolute atomic E-state index is 6.13. The number of nitrogens with zero attached hydrogens (tertiary/aromatic N) is 2. The van der Waals surface area contributed by atoms with Crippen LogP contribution in [0.1, 0.15) is 30.6 Å². The van der Waals surface area contributed by atoms with E-state index in [0.717, 1.165) is 29.1 Å². The van der Waals surface area contributed by atoms with Gasteiger partial charge in [-0.3, -0.25) is 0 Å². The zero-order valence-electron chi connectivity index (χ0n) is 12.1. The van der Waals surface area contributed by atoms with Crippen LogP contribution in [0.3, 0.4) is 0 Å². The molecule has 3 aromatic rings. The number of hydrogen-bond donors (Lipinski definition) is 1. The molecule has 0 aliphatic carbocycles. The summed E-state index contributed by atoms with van der Waals surface area (Å²) in [5.41, 5.74) is 9.00. The highest BCUT2D eigenvalue weighted by Gasteiger charge is 2.10. The largest absolute Gasteiger partial charge is 0.487 e. The van der Waals surface area contributed by atoms with Crippen LogP contribution in [0.4, 0.5) is 0 Å². The van der Waals surface area contributed by atoms with Gasteiger partial charge in [-0.05, 0) is 24.6 Å². The average Bonchev–Trinajstić information content (AvgIpc) is 2.95. The zero-order valence-corrected chi connectivity index (χ0v) is 12.1. The lowest BCUT2D eigenvalue weighted by atomic mass is 10.0. The number of para-hydroxylation sites is 1. The Labute approximate surface area is 124 Å². The number of nitrogens with two attached hydrogens (primary N) is 1. The van der Waals surface area contributed by atoms with Crippen molar-refractivity contribution < 1.29 is 4.74 Å². The van der Waals surface area contributed by atoms with E-state index in [0.29, 0.717) is 6.61 Å². The molecule has 0 amide bonds. The van der Waals surface area contributed by atoms with Crippen LogP contribution < -0.4 is 10.5 Å². The third-order valence-electron chi connectivity index (χ3n) is 3.55. The van der Waals surface area contributed by atoms with Crippen LogP contribution in [0.25, 0.3) is 5.65 Å². The van der Waals surface area contributed by atoms with Gasteiger partial charge >= 0.3 is 0 Å². The Hall–Kier alpha value is -2.33. The van der Waals surface area contributed by atoms with Gasteiger partial charge in [0.2, 0.25) is 0 Å². The molecule has 0 aliphatic heterocycles. The van der Waals surface area contributed by atoms with Crippen LogP contribution in [0, 0.1) is 0 Å². The molecule has 0 radical (unpaired) electrons. The van der Waals surface area contributed by atoms with Crippen LogP contribution in [0.15, 0.2) is 54.9 Å². The highest BCUT2D eigenvalue weighted by Crippen LogP contribution is 2.26. The molecular weight excluding hydrogens is 262 g/mol. The molecule has 0 aliphatic rings. The summed E-state index contributed by atoms with van der Waals surface area (Å²) in [6.45, 7) is 2.51. The Morgan fingerprint density at radius 3 is 2.81 bits per heavy atom. The summed E-state index contributed by atoms with van der Waals surface area (Å²) in [5.74, 6) is 0.837. The Morgan fingerprint density at radius 1 is 1.19 bits per heavy atom. The predicted octanol–water partition coefficient (Wildman–Crippen LogP) is 3.32. The summed E-state index contributed by atoms with van der Waals surface area (Å²) in [7, 11) is 0. The van der Waals surface area contributed by atoms with E-state index < -0.39 is 0 Å². The first-order valence-corrected chi connectivity index (χ1v) is 7.18. The van der Waals surface area contributed by atoms with E-state index in [1.54, 1.807) is 0 Å². The highest BCUT2D eigenvalue weighted by atomic mass is 16.5. The van der Waals surface area contributed by atoms with E-state index in [4.69, 9.17) is 10.5 Å². The van der Waals surface area contributed by atoms with E-state index in [2.05, 4.69) is 11.9 Å². The topological polar surface area (TPSA) is 52.5 Å². The second-order valence-corrected chi connectivity index (χ2v) is 5.04. The van der Waals surface area contributed by atoms with Crippen molar-refractivity contribution >= 4 is 5.65 Å². The molecule has 3 rings (SSSR count). The van der Waals surface area contributed by atoms with Crippen molar-refractivity contribution in [2.45, 2.75) is 26.0 Å². The van der Waals surface area contributed by atoms with Gasteiger partial charge in [-0.2, -0.15) is 0 Å². The van der Waals surface area contributed by atoms with E-state index in [1.165, 1.54) is 0 Å². The fraction of sp³-hybridized carbons (Fsp3) is 0.235. The summed E-state index contributed by atoms with van der Waals surface area (Å²) in [4.78, 5) is 4.53. The van der Waals surface area contributed by atoms with Gasteiger partial charge in [0.1, 0.15) is 18.0 Å². The fourth-order valence-corrected chi connectivity index (χ4v) is 2.35. The molecule has 2 N–H and O–H groups in total. The standard InChI is InChI=1S/C17H19N3O/c1-2-15(18)14-7-3-4-8-16(14)21-12-13-11-20-10-6-5-9-17(20)19-13/h3-11,15H,2,12,18H2,1H3/t15-/m0/s1. The van der Waals surface area contributed by atoms with Gasteiger partial charge in [0.25, 0.3) is 0 Å². The minimum atomic E-state index is 0.00210. The molecule has 2 heterocycles. The summed E-state index contributed by atoms with van der Waals surface area (Å²) in [6, 6.07) is 13.9. The Morgan fingerprint density at radius 2 is 2.00 bits per heavy atom. The number of hydrogen-bond acceptors (Lipinski definition) is 3. The fourth-order valence-electron chi connectivity index (χ4n) is 2.35. The lowest BCUT2D eigenvalue weighted by Gasteiger charge is -2.15. The molecule has 0 unspecified atom stereocenters. The van der Waals surface area contributed by atoms with Gasteiger partial charge in [-0.1, -0.05) is 31.2 Å². The molecular formula is C17H19N3O. The third-order valence-corrected chi connectivity index (χ3v) is 3.55. The first kappa shape index (κ1) is 13.6. The Balaban J connectivity index is 1.78. The van der Waals surface area contributed by atoms with Gasteiger partial charge in [-0.25, -0.2) is 4.98 Å². The Kier molecular flexibility index (Phi) is 3.88. The molecule has 2 aromatic heterocycles. The van der Waals surface area contributed by atoms with E-state index in [1.807, 2.05) is 59.3 Å². The van der Waals surface area contributed by atoms with Crippen molar-refractivity contribution in [2.75, 3.05) is 0 Å². The first-order chi connectivity index (χ1) is 10.3. The Bertz CT molecular complexity index is 702. The van der Waals surface area contributed by atoms with Crippen LogP contribution in [-0.4, -0.2) is 9.38 Å².